The average molecular weight is 662 g/mol. The zero-order valence-electron chi connectivity index (χ0n) is 26.3. The Bertz CT molecular complexity index is 1500. The van der Waals surface area contributed by atoms with Gasteiger partial charge in [0.2, 0.25) is 0 Å². The van der Waals surface area contributed by atoms with E-state index in [0.717, 1.165) is 53.9 Å². The molecule has 5 rings (SSSR count). The number of alkyl halides is 6. The average Bonchev–Trinajstić information content (AvgIpc) is 3.30. The van der Waals surface area contributed by atoms with Crippen molar-refractivity contribution in [3.63, 3.8) is 0 Å². The van der Waals surface area contributed by atoms with Gasteiger partial charge in [-0.05, 0) is 98.4 Å². The van der Waals surface area contributed by atoms with Gasteiger partial charge < -0.3 is 14.9 Å². The second kappa shape index (κ2) is 14.1. The fourth-order valence-electron chi connectivity index (χ4n) is 6.85. The number of carboxylic acid groups (broad SMARTS) is 1. The molecule has 15 heteroatoms. The van der Waals surface area contributed by atoms with Crippen molar-refractivity contribution in [1.29, 1.82) is 0 Å². The Morgan fingerprint density at radius 2 is 1.59 bits per heavy atom. The number of benzene rings is 2. The monoisotopic (exact) mass is 661 g/mol. The number of rotatable bonds is 7. The van der Waals surface area contributed by atoms with Gasteiger partial charge in [-0.3, -0.25) is 4.79 Å². The van der Waals surface area contributed by atoms with Gasteiger partial charge >= 0.3 is 18.3 Å². The summed E-state index contributed by atoms with van der Waals surface area (Å²) in [4.78, 5) is 16.6. The van der Waals surface area contributed by atoms with Crippen LogP contribution in [0.4, 0.5) is 38.0 Å². The van der Waals surface area contributed by atoms with Crippen LogP contribution in [0.3, 0.4) is 0 Å². The van der Waals surface area contributed by atoms with E-state index in [-0.39, 0.29) is 59.6 Å². The summed E-state index contributed by atoms with van der Waals surface area (Å²) in [5.74, 6) is -0.690. The fraction of sp³-hybridized carbons (Fsp3) is 0.548. The van der Waals surface area contributed by atoms with Gasteiger partial charge in [-0.1, -0.05) is 22.8 Å². The molecule has 1 radical (unpaired) electrons. The normalized spacial score (nSPS) is 20.5. The number of halogens is 6. The number of fused-ring (bicyclic) bond motifs is 1. The molecule has 1 saturated carbocycles. The minimum absolute atomic E-state index is 0. The van der Waals surface area contributed by atoms with E-state index in [1.54, 1.807) is 4.90 Å². The quantitative estimate of drug-likeness (QED) is 0.222. The zero-order chi connectivity index (χ0) is 32.7. The molecule has 2 aromatic carbocycles. The van der Waals surface area contributed by atoms with Gasteiger partial charge in [0, 0.05) is 54.9 Å². The summed E-state index contributed by atoms with van der Waals surface area (Å²) in [6.07, 6.45) is -5.87. The second-order valence-electron chi connectivity index (χ2n) is 12.3. The molecule has 2 aliphatic rings. The molecule has 0 saturated heterocycles. The van der Waals surface area contributed by atoms with Gasteiger partial charge in [0.1, 0.15) is 0 Å². The molecule has 0 spiro atoms. The van der Waals surface area contributed by atoms with E-state index in [9.17, 15) is 36.2 Å². The third-order valence-electron chi connectivity index (χ3n) is 8.86. The first-order chi connectivity index (χ1) is 21.1. The Morgan fingerprint density at radius 3 is 2.13 bits per heavy atom. The standard InChI is InChI=1S/C31H36F6N6O2.Na/c1-18-11-19(2)27-25(12-18)26(5-4-10-42(27)16-20-6-8-22(9-7-20)28(44)45)43(29-38-40-41(3)39-29)17-21-13-23(30(32,33)34)15-24(14-21)31(35,36)37;/h11-15,20,22,26H,4-10,16-17H2,1-3H3,(H,44,45);/t20?,22?,26-;/m0./s1. The molecule has 1 atom stereocenters. The van der Waals surface area contributed by atoms with E-state index >= 15 is 0 Å². The zero-order valence-corrected chi connectivity index (χ0v) is 28.3. The number of aliphatic carboxylic acids is 1. The van der Waals surface area contributed by atoms with E-state index in [0.29, 0.717) is 38.1 Å². The Hall–Kier alpha value is -2.84. The summed E-state index contributed by atoms with van der Waals surface area (Å²) in [5.41, 5.74) is 0.892. The summed E-state index contributed by atoms with van der Waals surface area (Å²) in [6.45, 7) is 5.04. The van der Waals surface area contributed by atoms with Crippen molar-refractivity contribution in [2.75, 3.05) is 22.9 Å². The number of carboxylic acids is 1. The molecule has 1 N–H and O–H groups in total. The van der Waals surface area contributed by atoms with Crippen LogP contribution in [-0.4, -0.2) is 73.9 Å². The molecule has 0 amide bonds. The number of aryl methyl sites for hydroxylation is 3. The first-order valence-corrected chi connectivity index (χ1v) is 15.0. The van der Waals surface area contributed by atoms with E-state index < -0.39 is 35.5 Å². The van der Waals surface area contributed by atoms with Gasteiger partial charge in [-0.15, -0.1) is 5.10 Å². The second-order valence-corrected chi connectivity index (χ2v) is 12.3. The summed E-state index contributed by atoms with van der Waals surface area (Å²) in [6, 6.07) is 5.23. The van der Waals surface area contributed by atoms with Crippen LogP contribution >= 0.6 is 0 Å². The summed E-state index contributed by atoms with van der Waals surface area (Å²) < 4.78 is 82.4. The number of hydrogen-bond acceptors (Lipinski definition) is 6. The van der Waals surface area contributed by atoms with Crippen LogP contribution in [-0.2, 0) is 30.7 Å². The molecule has 46 heavy (non-hydrogen) atoms. The van der Waals surface area contributed by atoms with Crippen LogP contribution in [0, 0.1) is 25.7 Å². The maximum absolute atomic E-state index is 13.7. The summed E-state index contributed by atoms with van der Waals surface area (Å²) in [7, 11) is 1.54. The first-order valence-electron chi connectivity index (χ1n) is 15.0. The molecule has 245 valence electrons. The van der Waals surface area contributed by atoms with E-state index in [2.05, 4.69) is 26.4 Å². The number of anilines is 2. The smallest absolute Gasteiger partial charge is 0.416 e. The fourth-order valence-corrected chi connectivity index (χ4v) is 6.85. The number of carbonyl (C=O) groups is 1. The van der Waals surface area contributed by atoms with Gasteiger partial charge in [0.05, 0.1) is 30.1 Å². The SMILES string of the molecule is Cc1cc(C)c2c(c1)[C@@H](N(Cc1cc(C(F)(F)F)cc(C(F)(F)F)c1)c1nnn(C)n1)CCCN2CC1CCC(C(=O)O)CC1.[Na]. The minimum atomic E-state index is -4.97. The molecule has 0 unspecified atom stereocenters. The number of hydrogen-bond donors (Lipinski definition) is 1. The van der Waals surface area contributed by atoms with Gasteiger partial charge in [0.25, 0.3) is 5.95 Å². The van der Waals surface area contributed by atoms with Crippen LogP contribution < -0.4 is 9.80 Å². The molecule has 2 heterocycles. The number of nitrogens with zero attached hydrogens (tertiary/aromatic N) is 6. The number of aromatic nitrogens is 4. The van der Waals surface area contributed by atoms with Gasteiger partial charge in [-0.2, -0.15) is 31.1 Å². The van der Waals surface area contributed by atoms with Crippen molar-refractivity contribution in [2.45, 2.75) is 77.3 Å². The van der Waals surface area contributed by atoms with Crippen LogP contribution in [0.1, 0.15) is 77.9 Å². The third kappa shape index (κ3) is 8.17. The van der Waals surface area contributed by atoms with Crippen LogP contribution in [0.2, 0.25) is 0 Å². The van der Waals surface area contributed by atoms with Crippen molar-refractivity contribution in [2.24, 2.45) is 18.9 Å². The molecule has 1 aliphatic heterocycles. The Balaban J connectivity index is 0.00000480. The minimum Gasteiger partial charge on any atom is -0.481 e. The molecule has 1 aromatic heterocycles. The van der Waals surface area contributed by atoms with Crippen LogP contribution in [0.25, 0.3) is 0 Å². The molecule has 0 bridgehead atoms. The van der Waals surface area contributed by atoms with Gasteiger partial charge in [0.15, 0.2) is 0 Å². The number of tetrazole rings is 1. The maximum atomic E-state index is 13.7. The molecule has 3 aromatic rings. The van der Waals surface area contributed by atoms with Gasteiger partial charge in [-0.25, -0.2) is 0 Å². The Morgan fingerprint density at radius 1 is 0.957 bits per heavy atom. The van der Waals surface area contributed by atoms with Crippen LogP contribution in [0.15, 0.2) is 30.3 Å². The molecule has 1 fully saturated rings. The maximum Gasteiger partial charge on any atom is 0.416 e. The van der Waals surface area contributed by atoms with E-state index in [1.807, 2.05) is 19.9 Å². The van der Waals surface area contributed by atoms with Crippen molar-refractivity contribution < 1.29 is 36.2 Å². The molecular formula is C31H36F6N6NaO2. The van der Waals surface area contributed by atoms with Crippen molar-refractivity contribution >= 4 is 47.2 Å². The first kappa shape index (κ1) is 36.0. The van der Waals surface area contributed by atoms with Crippen molar-refractivity contribution in [3.05, 3.63) is 63.7 Å². The molecular weight excluding hydrogens is 625 g/mol. The van der Waals surface area contributed by atoms with E-state index in [4.69, 9.17) is 0 Å². The topological polar surface area (TPSA) is 87.4 Å². The van der Waals surface area contributed by atoms with Crippen molar-refractivity contribution in [1.82, 2.24) is 20.2 Å². The molecule has 8 nitrogen and oxygen atoms in total. The van der Waals surface area contributed by atoms with Crippen LogP contribution in [0.5, 0.6) is 0 Å². The summed E-state index contributed by atoms with van der Waals surface area (Å²) >= 11 is 0. The summed E-state index contributed by atoms with van der Waals surface area (Å²) in [5, 5.41) is 21.8. The third-order valence-corrected chi connectivity index (χ3v) is 8.86. The Labute approximate surface area is 285 Å². The molecule has 1 aliphatic carbocycles. The predicted octanol–water partition coefficient (Wildman–Crippen LogP) is 6.72. The predicted molar refractivity (Wildman–Crippen MR) is 160 cm³/mol. The van der Waals surface area contributed by atoms with E-state index in [1.165, 1.54) is 11.8 Å². The largest absolute Gasteiger partial charge is 0.481 e. The van der Waals surface area contributed by atoms with Crippen molar-refractivity contribution in [3.8, 4) is 0 Å². The Kier molecular flexibility index (Phi) is 11.0.